The number of amides is 2. The zero-order valence-corrected chi connectivity index (χ0v) is 25.9. The van der Waals surface area contributed by atoms with Crippen LogP contribution < -0.4 is 10.7 Å². The second-order valence-corrected chi connectivity index (χ2v) is 10.5. The fourth-order valence-electron chi connectivity index (χ4n) is 3.98. The van der Waals surface area contributed by atoms with E-state index in [1.165, 1.54) is 34.0 Å². The van der Waals surface area contributed by atoms with Gasteiger partial charge in [0.2, 0.25) is 12.6 Å². The Balaban J connectivity index is 1.70. The standard InChI is InChI=1S/C29H33ClFN7O8/c1-5-12-38-25(33-35-36-38)26(40)34-37(14-18-6-8-19(9-7-18)21-13-20(30)10-11-22(21)31)15-23(39)27(41)45-16-46-28(42)24(17(2)3)32-29(43)44-4/h5-11,13,17,23-24,39H,1,12,14-16H2,2-4H3,(H,32,43)(H,34,40)/t23-,24+/m1/s1. The zero-order chi connectivity index (χ0) is 33.8. The first-order valence-electron chi connectivity index (χ1n) is 13.8. The number of hydrazine groups is 1. The topological polar surface area (TPSA) is 187 Å². The third kappa shape index (κ3) is 10.0. The molecule has 246 valence electrons. The average molecular weight is 662 g/mol. The number of carbonyl (C=O) groups is 4. The zero-order valence-electron chi connectivity index (χ0n) is 25.2. The number of aliphatic hydroxyl groups is 1. The molecule has 2 atom stereocenters. The lowest BCUT2D eigenvalue weighted by atomic mass is 10.0. The maximum Gasteiger partial charge on any atom is 0.407 e. The summed E-state index contributed by atoms with van der Waals surface area (Å²) >= 11 is 6.02. The van der Waals surface area contributed by atoms with Gasteiger partial charge in [-0.15, -0.1) is 11.7 Å². The summed E-state index contributed by atoms with van der Waals surface area (Å²) in [5, 5.41) is 25.4. The molecule has 0 aliphatic carbocycles. The van der Waals surface area contributed by atoms with Gasteiger partial charge in [0, 0.05) is 17.1 Å². The number of hydrogen-bond acceptors (Lipinski definition) is 12. The predicted molar refractivity (Wildman–Crippen MR) is 160 cm³/mol. The number of rotatable bonds is 15. The van der Waals surface area contributed by atoms with Crippen molar-refractivity contribution < 1.29 is 42.9 Å². The number of allylic oxidation sites excluding steroid dienone is 1. The van der Waals surface area contributed by atoms with Crippen molar-refractivity contribution in [3.05, 3.63) is 77.3 Å². The molecule has 46 heavy (non-hydrogen) atoms. The minimum absolute atomic E-state index is 0.0400. The van der Waals surface area contributed by atoms with E-state index in [2.05, 4.69) is 37.6 Å². The molecule has 1 aromatic heterocycles. The Kier molecular flexibility index (Phi) is 13.1. The minimum Gasteiger partial charge on any atom is -0.453 e. The molecule has 0 spiro atoms. The van der Waals surface area contributed by atoms with Gasteiger partial charge in [-0.3, -0.25) is 10.2 Å². The van der Waals surface area contributed by atoms with E-state index in [-0.39, 0.29) is 30.4 Å². The second-order valence-electron chi connectivity index (χ2n) is 10.0. The number of nitrogens with one attached hydrogen (secondary N) is 2. The Morgan fingerprint density at radius 1 is 1.13 bits per heavy atom. The highest BCUT2D eigenvalue weighted by atomic mass is 35.5. The van der Waals surface area contributed by atoms with Crippen LogP contribution in [-0.4, -0.2) is 86.9 Å². The van der Waals surface area contributed by atoms with Crippen LogP contribution in [0.5, 0.6) is 0 Å². The molecule has 2 amide bonds. The molecule has 1 heterocycles. The Labute approximate surface area is 268 Å². The van der Waals surface area contributed by atoms with Crippen LogP contribution in [0.2, 0.25) is 5.02 Å². The Morgan fingerprint density at radius 3 is 2.48 bits per heavy atom. The van der Waals surface area contributed by atoms with Gasteiger partial charge in [0.1, 0.15) is 11.9 Å². The number of esters is 2. The van der Waals surface area contributed by atoms with Crippen molar-refractivity contribution in [1.29, 1.82) is 0 Å². The van der Waals surface area contributed by atoms with Gasteiger partial charge < -0.3 is 24.6 Å². The molecule has 0 aliphatic heterocycles. The van der Waals surface area contributed by atoms with Gasteiger partial charge in [-0.1, -0.05) is 55.8 Å². The van der Waals surface area contributed by atoms with Gasteiger partial charge in [-0.05, 0) is 45.7 Å². The number of alkyl carbamates (subject to hydrolysis) is 1. The molecule has 0 saturated heterocycles. The number of nitrogens with zero attached hydrogens (tertiary/aromatic N) is 5. The maximum absolute atomic E-state index is 14.4. The molecule has 0 unspecified atom stereocenters. The van der Waals surface area contributed by atoms with E-state index in [9.17, 15) is 28.7 Å². The number of ether oxygens (including phenoxy) is 3. The normalized spacial score (nSPS) is 12.3. The highest BCUT2D eigenvalue weighted by Crippen LogP contribution is 2.26. The number of tetrazole rings is 1. The van der Waals surface area contributed by atoms with Gasteiger partial charge in [0.15, 0.2) is 6.10 Å². The Hall–Kier alpha value is -4.93. The number of hydrogen-bond donors (Lipinski definition) is 3. The summed E-state index contributed by atoms with van der Waals surface area (Å²) in [5.41, 5.74) is 3.99. The summed E-state index contributed by atoms with van der Waals surface area (Å²) in [6.45, 7) is 5.66. The van der Waals surface area contributed by atoms with Crippen molar-refractivity contribution in [2.75, 3.05) is 20.4 Å². The molecule has 15 nitrogen and oxygen atoms in total. The molecular formula is C29H33ClFN7O8. The Bertz CT molecular complexity index is 1540. The number of methoxy groups -OCH3 is 1. The molecule has 3 rings (SSSR count). The fraction of sp³-hybridized carbons (Fsp3) is 0.345. The van der Waals surface area contributed by atoms with Crippen molar-refractivity contribution in [3.63, 3.8) is 0 Å². The van der Waals surface area contributed by atoms with Crippen LogP contribution in [0.15, 0.2) is 55.1 Å². The van der Waals surface area contributed by atoms with E-state index in [4.69, 9.17) is 21.1 Å². The summed E-state index contributed by atoms with van der Waals surface area (Å²) in [6, 6.07) is 9.71. The van der Waals surface area contributed by atoms with E-state index < -0.39 is 55.2 Å². The summed E-state index contributed by atoms with van der Waals surface area (Å²) < 4.78 is 29.9. The summed E-state index contributed by atoms with van der Waals surface area (Å²) in [7, 11) is 1.13. The van der Waals surface area contributed by atoms with Crippen LogP contribution >= 0.6 is 11.6 Å². The lowest BCUT2D eigenvalue weighted by Gasteiger charge is -2.25. The van der Waals surface area contributed by atoms with Gasteiger partial charge >= 0.3 is 23.9 Å². The molecule has 17 heteroatoms. The quantitative estimate of drug-likeness (QED) is 0.0935. The number of carbonyl (C=O) groups excluding carboxylic acids is 4. The van der Waals surface area contributed by atoms with Crippen molar-refractivity contribution in [2.45, 2.75) is 39.1 Å². The lowest BCUT2D eigenvalue weighted by Crippen LogP contribution is -2.48. The van der Waals surface area contributed by atoms with Gasteiger partial charge in [0.05, 0.1) is 20.2 Å². The first-order valence-corrected chi connectivity index (χ1v) is 14.1. The van der Waals surface area contributed by atoms with E-state index in [0.29, 0.717) is 16.1 Å². The number of aliphatic hydroxyl groups excluding tert-OH is 1. The number of aromatic nitrogens is 4. The van der Waals surface area contributed by atoms with Gasteiger partial charge in [0.25, 0.3) is 0 Å². The van der Waals surface area contributed by atoms with Crippen LogP contribution in [0, 0.1) is 11.7 Å². The summed E-state index contributed by atoms with van der Waals surface area (Å²) in [4.78, 5) is 49.5. The Morgan fingerprint density at radius 2 is 1.83 bits per heavy atom. The second kappa shape index (κ2) is 17.0. The summed E-state index contributed by atoms with van der Waals surface area (Å²) in [6.07, 6.45) is -1.19. The third-order valence-corrected chi connectivity index (χ3v) is 6.55. The smallest absolute Gasteiger partial charge is 0.407 e. The van der Waals surface area contributed by atoms with E-state index in [0.717, 1.165) is 7.11 Å². The van der Waals surface area contributed by atoms with E-state index in [1.807, 2.05) is 0 Å². The molecule has 0 fully saturated rings. The summed E-state index contributed by atoms with van der Waals surface area (Å²) in [5.74, 6) is -3.82. The van der Waals surface area contributed by atoms with Crippen molar-refractivity contribution in [1.82, 2.24) is 36.0 Å². The first kappa shape index (κ1) is 35.5. The van der Waals surface area contributed by atoms with E-state index >= 15 is 0 Å². The molecule has 0 bridgehead atoms. The predicted octanol–water partition coefficient (Wildman–Crippen LogP) is 2.25. The molecule has 3 aromatic rings. The SMILES string of the molecule is C=CCn1nnnc1C(=O)NN(Cc1ccc(-c2cc(Cl)ccc2F)cc1)C[C@@H](O)C(=O)OCOC(=O)[C@@H](NC(=O)OC)C(C)C. The third-order valence-electron chi connectivity index (χ3n) is 6.31. The minimum atomic E-state index is -1.82. The molecular weight excluding hydrogens is 629 g/mol. The molecule has 0 radical (unpaired) electrons. The van der Waals surface area contributed by atoms with Crippen molar-refractivity contribution >= 4 is 35.5 Å². The van der Waals surface area contributed by atoms with E-state index in [1.54, 1.807) is 38.1 Å². The molecule has 0 saturated carbocycles. The monoisotopic (exact) mass is 661 g/mol. The largest absolute Gasteiger partial charge is 0.453 e. The van der Waals surface area contributed by atoms with Gasteiger partial charge in [-0.2, -0.15) is 0 Å². The van der Waals surface area contributed by atoms with Crippen LogP contribution in [-0.2, 0) is 36.9 Å². The average Bonchev–Trinajstić information content (AvgIpc) is 3.49. The lowest BCUT2D eigenvalue weighted by molar-refractivity contribution is -0.175. The highest BCUT2D eigenvalue weighted by Gasteiger charge is 2.28. The maximum atomic E-state index is 14.4. The van der Waals surface area contributed by atoms with Crippen molar-refractivity contribution in [2.24, 2.45) is 5.92 Å². The van der Waals surface area contributed by atoms with Gasteiger partial charge in [-0.25, -0.2) is 28.5 Å². The van der Waals surface area contributed by atoms with Crippen LogP contribution in [0.25, 0.3) is 11.1 Å². The van der Waals surface area contributed by atoms with Crippen LogP contribution in [0.1, 0.15) is 30.0 Å². The number of benzene rings is 2. The molecule has 3 N–H and O–H groups in total. The number of halogens is 2. The van der Waals surface area contributed by atoms with Crippen LogP contribution in [0.4, 0.5) is 9.18 Å². The highest BCUT2D eigenvalue weighted by molar-refractivity contribution is 6.30. The van der Waals surface area contributed by atoms with Crippen molar-refractivity contribution in [3.8, 4) is 11.1 Å². The van der Waals surface area contributed by atoms with Crippen LogP contribution in [0.3, 0.4) is 0 Å². The molecule has 0 aliphatic rings. The molecule has 2 aromatic carbocycles. The fourth-order valence-corrected chi connectivity index (χ4v) is 4.16. The first-order chi connectivity index (χ1) is 21.9.